The molecule has 5 nitrogen and oxygen atoms in total. The van der Waals surface area contributed by atoms with E-state index in [4.69, 9.17) is 35.4 Å². The summed E-state index contributed by atoms with van der Waals surface area (Å²) in [7, 11) is 0. The summed E-state index contributed by atoms with van der Waals surface area (Å²) in [6.45, 7) is 3.77. The van der Waals surface area contributed by atoms with Gasteiger partial charge < -0.3 is 10.6 Å². The third-order valence-corrected chi connectivity index (χ3v) is 5.05. The highest BCUT2D eigenvalue weighted by Gasteiger charge is 2.35. The van der Waals surface area contributed by atoms with Gasteiger partial charge in [-0.3, -0.25) is 4.40 Å². The fourth-order valence-corrected chi connectivity index (χ4v) is 3.53. The zero-order valence-corrected chi connectivity index (χ0v) is 17.6. The van der Waals surface area contributed by atoms with Crippen molar-refractivity contribution in [3.8, 4) is 0 Å². The van der Waals surface area contributed by atoms with Crippen LogP contribution in [-0.2, 0) is 6.18 Å². The molecule has 0 spiro atoms. The topological polar surface area (TPSA) is 54.2 Å². The molecule has 3 rings (SSSR count). The normalized spacial score (nSPS) is 13.0. The van der Waals surface area contributed by atoms with Crippen LogP contribution in [0.15, 0.2) is 36.5 Å². The number of para-hydroxylation sites is 1. The molecule has 1 atom stereocenters. The highest BCUT2D eigenvalue weighted by atomic mass is 35.5. The van der Waals surface area contributed by atoms with Gasteiger partial charge in [-0.25, -0.2) is 0 Å². The molecule has 0 fully saturated rings. The minimum atomic E-state index is -4.54. The molecule has 0 saturated heterocycles. The first-order chi connectivity index (χ1) is 13.6. The SMILES string of the molecule is CC(C)[C@H](NC(=S)Nc1c(Cl)cccc1Cl)c1nnc2c(C(F)(F)F)cccn12. The van der Waals surface area contributed by atoms with Gasteiger partial charge in [-0.1, -0.05) is 43.1 Å². The van der Waals surface area contributed by atoms with E-state index >= 15 is 0 Å². The van der Waals surface area contributed by atoms with Gasteiger partial charge in [0.25, 0.3) is 0 Å². The Morgan fingerprint density at radius 2 is 1.76 bits per heavy atom. The maximum absolute atomic E-state index is 13.3. The molecule has 0 saturated carbocycles. The lowest BCUT2D eigenvalue weighted by Gasteiger charge is -2.23. The van der Waals surface area contributed by atoms with Gasteiger partial charge in [0.2, 0.25) is 0 Å². The lowest BCUT2D eigenvalue weighted by atomic mass is 10.0. The lowest BCUT2D eigenvalue weighted by Crippen LogP contribution is -2.36. The van der Waals surface area contributed by atoms with E-state index in [2.05, 4.69) is 20.8 Å². The first kappa shape index (κ1) is 21.6. The first-order valence-electron chi connectivity index (χ1n) is 8.52. The van der Waals surface area contributed by atoms with Crippen LogP contribution in [0.1, 0.15) is 31.3 Å². The summed E-state index contributed by atoms with van der Waals surface area (Å²) in [5, 5.41) is 14.7. The van der Waals surface area contributed by atoms with Crippen molar-refractivity contribution in [2.24, 2.45) is 5.92 Å². The number of pyridine rings is 1. The van der Waals surface area contributed by atoms with Crippen LogP contribution in [0.2, 0.25) is 10.0 Å². The summed E-state index contributed by atoms with van der Waals surface area (Å²) in [5.41, 5.74) is -0.693. The molecule has 2 aromatic heterocycles. The average molecular weight is 462 g/mol. The second kappa shape index (κ2) is 8.33. The summed E-state index contributed by atoms with van der Waals surface area (Å²) < 4.78 is 41.1. The number of fused-ring (bicyclic) bond motifs is 1. The third-order valence-electron chi connectivity index (χ3n) is 4.20. The third kappa shape index (κ3) is 4.57. The molecule has 0 aliphatic carbocycles. The van der Waals surface area contributed by atoms with Crippen LogP contribution in [0.4, 0.5) is 18.9 Å². The van der Waals surface area contributed by atoms with Crippen LogP contribution < -0.4 is 10.6 Å². The molecule has 0 aliphatic heterocycles. The van der Waals surface area contributed by atoms with Gasteiger partial charge in [-0.2, -0.15) is 13.2 Å². The van der Waals surface area contributed by atoms with Gasteiger partial charge >= 0.3 is 6.18 Å². The second-order valence-electron chi connectivity index (χ2n) is 6.59. The largest absolute Gasteiger partial charge is 0.420 e. The van der Waals surface area contributed by atoms with E-state index in [1.54, 1.807) is 18.2 Å². The van der Waals surface area contributed by atoms with Crippen LogP contribution in [0.5, 0.6) is 0 Å². The molecule has 0 radical (unpaired) electrons. The summed E-state index contributed by atoms with van der Waals surface area (Å²) >= 11 is 17.6. The van der Waals surface area contributed by atoms with E-state index < -0.39 is 17.8 Å². The lowest BCUT2D eigenvalue weighted by molar-refractivity contribution is -0.136. The second-order valence-corrected chi connectivity index (χ2v) is 7.81. The smallest absolute Gasteiger partial charge is 0.352 e. The zero-order valence-electron chi connectivity index (χ0n) is 15.3. The number of halogens is 5. The van der Waals surface area contributed by atoms with E-state index in [-0.39, 0.29) is 16.7 Å². The van der Waals surface area contributed by atoms with E-state index in [0.29, 0.717) is 21.6 Å². The van der Waals surface area contributed by atoms with Crippen molar-refractivity contribution < 1.29 is 13.2 Å². The van der Waals surface area contributed by atoms with Crippen molar-refractivity contribution in [2.45, 2.75) is 26.1 Å². The van der Waals surface area contributed by atoms with Crippen LogP contribution >= 0.6 is 35.4 Å². The molecule has 0 amide bonds. The number of alkyl halides is 3. The number of nitrogens with one attached hydrogen (secondary N) is 2. The summed E-state index contributed by atoms with van der Waals surface area (Å²) in [6, 6.07) is 6.77. The number of anilines is 1. The Balaban J connectivity index is 1.92. The summed E-state index contributed by atoms with van der Waals surface area (Å²) in [6.07, 6.45) is -3.05. The average Bonchev–Trinajstić information content (AvgIpc) is 3.05. The predicted molar refractivity (Wildman–Crippen MR) is 111 cm³/mol. The maximum atomic E-state index is 13.3. The number of rotatable bonds is 4. The molecule has 2 N–H and O–H groups in total. The van der Waals surface area contributed by atoms with Crippen LogP contribution in [-0.4, -0.2) is 19.7 Å². The first-order valence-corrected chi connectivity index (χ1v) is 9.68. The number of benzene rings is 1. The molecule has 29 heavy (non-hydrogen) atoms. The molecule has 0 aliphatic rings. The Morgan fingerprint density at radius 3 is 2.34 bits per heavy atom. The minimum Gasteiger partial charge on any atom is -0.352 e. The molecule has 0 bridgehead atoms. The number of nitrogens with zero attached hydrogens (tertiary/aromatic N) is 3. The van der Waals surface area contributed by atoms with Gasteiger partial charge in [0.05, 0.1) is 21.8 Å². The van der Waals surface area contributed by atoms with Crippen molar-refractivity contribution >= 4 is 51.9 Å². The molecule has 0 unspecified atom stereocenters. The molecule has 1 aromatic carbocycles. The Labute approximate surface area is 180 Å². The predicted octanol–water partition coefficient (Wildman–Crippen LogP) is 5.74. The van der Waals surface area contributed by atoms with E-state index in [9.17, 15) is 13.2 Å². The van der Waals surface area contributed by atoms with Gasteiger partial charge in [-0.05, 0) is 42.4 Å². The molecule has 154 valence electrons. The van der Waals surface area contributed by atoms with Crippen molar-refractivity contribution in [2.75, 3.05) is 5.32 Å². The van der Waals surface area contributed by atoms with Crippen molar-refractivity contribution in [3.05, 3.63) is 58.0 Å². The Kier molecular flexibility index (Phi) is 6.21. The van der Waals surface area contributed by atoms with Gasteiger partial charge in [0.1, 0.15) is 5.56 Å². The zero-order chi connectivity index (χ0) is 21.3. The van der Waals surface area contributed by atoms with Crippen molar-refractivity contribution in [1.82, 2.24) is 19.9 Å². The Bertz CT molecular complexity index is 1030. The molecular weight excluding hydrogens is 446 g/mol. The van der Waals surface area contributed by atoms with Gasteiger partial charge in [0, 0.05) is 6.20 Å². The standard InChI is InChI=1S/C18H16Cl2F3N5S/c1-9(2)13(24-17(29)25-14-11(19)6-3-7-12(14)20)16-27-26-15-10(18(21,22)23)5-4-8-28(15)16/h3-9,13H,1-2H3,(H2,24,25,29)/t13-/m0/s1. The number of hydrogen-bond donors (Lipinski definition) is 2. The van der Waals surface area contributed by atoms with Crippen LogP contribution in [0, 0.1) is 5.92 Å². The van der Waals surface area contributed by atoms with Gasteiger partial charge in [0.15, 0.2) is 16.6 Å². The Morgan fingerprint density at radius 1 is 1.10 bits per heavy atom. The van der Waals surface area contributed by atoms with Crippen LogP contribution in [0.3, 0.4) is 0 Å². The fourth-order valence-electron chi connectivity index (χ4n) is 2.80. The Hall–Kier alpha value is -2.10. The maximum Gasteiger partial charge on any atom is 0.420 e. The summed E-state index contributed by atoms with van der Waals surface area (Å²) in [4.78, 5) is 0. The highest BCUT2D eigenvalue weighted by Crippen LogP contribution is 2.33. The quantitative estimate of drug-likeness (QED) is 0.485. The fraction of sp³-hybridized carbons (Fsp3) is 0.278. The van der Waals surface area contributed by atoms with Crippen molar-refractivity contribution in [1.29, 1.82) is 0 Å². The highest BCUT2D eigenvalue weighted by molar-refractivity contribution is 7.80. The van der Waals surface area contributed by atoms with E-state index in [0.717, 1.165) is 6.07 Å². The van der Waals surface area contributed by atoms with Crippen LogP contribution in [0.25, 0.3) is 5.65 Å². The number of hydrogen-bond acceptors (Lipinski definition) is 3. The minimum absolute atomic E-state index is 0.0709. The van der Waals surface area contributed by atoms with E-state index in [1.807, 2.05) is 13.8 Å². The number of thiocarbonyl (C=S) groups is 1. The van der Waals surface area contributed by atoms with Gasteiger partial charge in [-0.15, -0.1) is 10.2 Å². The number of aromatic nitrogens is 3. The molecule has 2 heterocycles. The monoisotopic (exact) mass is 461 g/mol. The molecule has 3 aromatic rings. The summed E-state index contributed by atoms with van der Waals surface area (Å²) in [5.74, 6) is 0.230. The molecule has 11 heteroatoms. The van der Waals surface area contributed by atoms with Crippen molar-refractivity contribution in [3.63, 3.8) is 0 Å². The van der Waals surface area contributed by atoms with E-state index in [1.165, 1.54) is 16.7 Å². The molecular formula is C18H16Cl2F3N5S.